The minimum absolute atomic E-state index is 0.0112. The summed E-state index contributed by atoms with van der Waals surface area (Å²) in [5.41, 5.74) is 1.95. The summed E-state index contributed by atoms with van der Waals surface area (Å²) in [4.78, 5) is 19.8. The molecular formula is C19H20N6O. The Bertz CT molecular complexity index is 837. The highest BCUT2D eigenvalue weighted by molar-refractivity contribution is 5.84. The molecule has 4 rings (SSSR count). The van der Waals surface area contributed by atoms with E-state index in [1.807, 2.05) is 53.6 Å². The predicted molar refractivity (Wildman–Crippen MR) is 94.9 cm³/mol. The largest absolute Gasteiger partial charge is 0.333 e. The highest BCUT2D eigenvalue weighted by atomic mass is 16.2. The van der Waals surface area contributed by atoms with Crippen molar-refractivity contribution in [3.63, 3.8) is 0 Å². The van der Waals surface area contributed by atoms with Crippen LogP contribution in [-0.2, 0) is 4.79 Å². The number of pyridine rings is 1. The summed E-state index contributed by atoms with van der Waals surface area (Å²) in [5, 5.41) is 11.5. The van der Waals surface area contributed by atoms with Crippen LogP contribution in [0.2, 0.25) is 0 Å². The summed E-state index contributed by atoms with van der Waals surface area (Å²) in [6, 6.07) is 13.1. The fourth-order valence-corrected chi connectivity index (χ4v) is 3.60. The van der Waals surface area contributed by atoms with Crippen molar-refractivity contribution >= 4 is 5.91 Å². The minimum atomic E-state index is -0.566. The molecule has 0 spiro atoms. The Labute approximate surface area is 151 Å². The third-order valence-corrected chi connectivity index (χ3v) is 4.83. The first-order chi connectivity index (χ1) is 12.8. The Kier molecular flexibility index (Phi) is 4.68. The fraction of sp³-hybridized carbons (Fsp3) is 0.316. The zero-order valence-corrected chi connectivity index (χ0v) is 14.3. The number of amides is 1. The van der Waals surface area contributed by atoms with Gasteiger partial charge in [0.15, 0.2) is 6.04 Å². The number of benzene rings is 1. The number of carbonyl (C=O) groups is 1. The summed E-state index contributed by atoms with van der Waals surface area (Å²) >= 11 is 0. The fourth-order valence-electron chi connectivity index (χ4n) is 3.60. The zero-order valence-electron chi connectivity index (χ0n) is 14.3. The number of hydrogen-bond acceptors (Lipinski definition) is 5. The van der Waals surface area contributed by atoms with Crippen molar-refractivity contribution in [2.45, 2.75) is 31.3 Å². The van der Waals surface area contributed by atoms with Crippen molar-refractivity contribution in [3.05, 3.63) is 72.3 Å². The molecule has 1 saturated heterocycles. The minimum Gasteiger partial charge on any atom is -0.333 e. The highest BCUT2D eigenvalue weighted by Gasteiger charge is 2.34. The summed E-state index contributed by atoms with van der Waals surface area (Å²) < 4.78 is 1.53. The molecule has 1 aliphatic rings. The molecule has 7 heteroatoms. The molecule has 3 aromatic rings. The summed E-state index contributed by atoms with van der Waals surface area (Å²) in [6.45, 7) is 0.726. The number of likely N-dealkylation sites (tertiary alicyclic amines) is 1. The molecule has 1 fully saturated rings. The van der Waals surface area contributed by atoms with Gasteiger partial charge in [0.2, 0.25) is 0 Å². The molecule has 26 heavy (non-hydrogen) atoms. The van der Waals surface area contributed by atoms with Gasteiger partial charge in [0.05, 0.1) is 6.04 Å². The average Bonchev–Trinajstić information content (AvgIpc) is 3.24. The Hall–Kier alpha value is -3.09. The van der Waals surface area contributed by atoms with E-state index < -0.39 is 6.04 Å². The van der Waals surface area contributed by atoms with Gasteiger partial charge in [-0.05, 0) is 46.9 Å². The third-order valence-electron chi connectivity index (χ3n) is 4.83. The Morgan fingerprint density at radius 1 is 1.12 bits per heavy atom. The number of tetrazole rings is 1. The van der Waals surface area contributed by atoms with E-state index in [4.69, 9.17) is 0 Å². The van der Waals surface area contributed by atoms with E-state index in [2.05, 4.69) is 20.5 Å². The molecule has 2 atom stereocenters. The molecule has 7 nitrogen and oxygen atoms in total. The van der Waals surface area contributed by atoms with Crippen LogP contribution in [-0.4, -0.2) is 42.5 Å². The van der Waals surface area contributed by atoms with Crippen molar-refractivity contribution in [1.29, 1.82) is 0 Å². The molecule has 132 valence electrons. The Morgan fingerprint density at radius 3 is 2.73 bits per heavy atom. The van der Waals surface area contributed by atoms with Crippen molar-refractivity contribution in [2.24, 2.45) is 0 Å². The Balaban J connectivity index is 1.70. The second-order valence-electron chi connectivity index (χ2n) is 6.43. The van der Waals surface area contributed by atoms with Crippen LogP contribution in [0, 0.1) is 0 Å². The van der Waals surface area contributed by atoms with E-state index >= 15 is 0 Å². The van der Waals surface area contributed by atoms with Gasteiger partial charge >= 0.3 is 0 Å². The van der Waals surface area contributed by atoms with Crippen LogP contribution in [0.3, 0.4) is 0 Å². The molecule has 0 aliphatic carbocycles. The van der Waals surface area contributed by atoms with Gasteiger partial charge in [-0.3, -0.25) is 9.78 Å². The highest BCUT2D eigenvalue weighted by Crippen LogP contribution is 2.33. The van der Waals surface area contributed by atoms with Crippen LogP contribution in [0.15, 0.2) is 61.2 Å². The number of piperidine rings is 1. The molecule has 0 saturated carbocycles. The van der Waals surface area contributed by atoms with Crippen LogP contribution in [0.5, 0.6) is 0 Å². The van der Waals surface area contributed by atoms with E-state index in [9.17, 15) is 4.79 Å². The maximum absolute atomic E-state index is 13.6. The quantitative estimate of drug-likeness (QED) is 0.724. The van der Waals surface area contributed by atoms with Crippen LogP contribution in [0.4, 0.5) is 0 Å². The van der Waals surface area contributed by atoms with Gasteiger partial charge in [-0.1, -0.05) is 36.4 Å². The van der Waals surface area contributed by atoms with Gasteiger partial charge in [-0.2, -0.15) is 0 Å². The molecule has 3 heterocycles. The second-order valence-corrected chi connectivity index (χ2v) is 6.43. The molecule has 1 amide bonds. The van der Waals surface area contributed by atoms with Gasteiger partial charge in [0.25, 0.3) is 5.91 Å². The van der Waals surface area contributed by atoms with Crippen molar-refractivity contribution in [2.75, 3.05) is 6.54 Å². The average molecular weight is 348 g/mol. The van der Waals surface area contributed by atoms with E-state index in [0.29, 0.717) is 0 Å². The van der Waals surface area contributed by atoms with Crippen molar-refractivity contribution in [3.8, 4) is 0 Å². The summed E-state index contributed by atoms with van der Waals surface area (Å²) in [6.07, 6.45) is 8.15. The lowest BCUT2D eigenvalue weighted by Crippen LogP contribution is -2.43. The Morgan fingerprint density at radius 2 is 2.00 bits per heavy atom. The molecule has 0 bridgehead atoms. The van der Waals surface area contributed by atoms with Crippen LogP contribution < -0.4 is 0 Å². The van der Waals surface area contributed by atoms with Gasteiger partial charge in [0, 0.05) is 18.9 Å². The first-order valence-electron chi connectivity index (χ1n) is 8.82. The number of aromatic nitrogens is 5. The van der Waals surface area contributed by atoms with Crippen LogP contribution in [0.25, 0.3) is 0 Å². The topological polar surface area (TPSA) is 76.8 Å². The normalized spacial score (nSPS) is 18.5. The first kappa shape index (κ1) is 16.4. The van der Waals surface area contributed by atoms with Gasteiger partial charge in [-0.15, -0.1) is 5.10 Å². The van der Waals surface area contributed by atoms with Crippen molar-refractivity contribution < 1.29 is 4.79 Å². The summed E-state index contributed by atoms with van der Waals surface area (Å²) in [5.74, 6) is 0.0112. The van der Waals surface area contributed by atoms with Gasteiger partial charge < -0.3 is 4.90 Å². The van der Waals surface area contributed by atoms with E-state index in [1.165, 1.54) is 11.0 Å². The summed E-state index contributed by atoms with van der Waals surface area (Å²) in [7, 11) is 0. The third kappa shape index (κ3) is 3.20. The number of carbonyl (C=O) groups excluding carboxylic acids is 1. The monoisotopic (exact) mass is 348 g/mol. The SMILES string of the molecule is O=C([C@H](c1ccccc1)n1cnnn1)N1CCCC[C@H]1c1cccnc1. The van der Waals surface area contributed by atoms with Crippen molar-refractivity contribution in [1.82, 2.24) is 30.1 Å². The zero-order chi connectivity index (χ0) is 17.8. The molecule has 1 aliphatic heterocycles. The maximum Gasteiger partial charge on any atom is 0.252 e. The van der Waals surface area contributed by atoms with Gasteiger partial charge in [0.1, 0.15) is 6.33 Å². The predicted octanol–water partition coefficient (Wildman–Crippen LogP) is 2.41. The number of rotatable bonds is 4. The molecular weight excluding hydrogens is 328 g/mol. The van der Waals surface area contributed by atoms with Crippen LogP contribution >= 0.6 is 0 Å². The first-order valence-corrected chi connectivity index (χ1v) is 8.82. The lowest BCUT2D eigenvalue weighted by molar-refractivity contribution is -0.137. The standard InChI is InChI=1S/C19H20N6O/c26-19(18(25-14-21-22-23-25)15-7-2-1-3-8-15)24-12-5-4-10-17(24)16-9-6-11-20-13-16/h1-3,6-9,11,13-14,17-18H,4-5,10,12H2/t17-,18-/m0/s1. The molecule has 0 unspecified atom stereocenters. The number of hydrogen-bond donors (Lipinski definition) is 0. The molecule has 0 N–H and O–H groups in total. The molecule has 2 aromatic heterocycles. The smallest absolute Gasteiger partial charge is 0.252 e. The number of nitrogens with zero attached hydrogens (tertiary/aromatic N) is 6. The maximum atomic E-state index is 13.6. The van der Waals surface area contributed by atoms with E-state index in [0.717, 1.165) is 36.9 Å². The molecule has 1 aromatic carbocycles. The lowest BCUT2D eigenvalue weighted by atomic mass is 9.94. The second kappa shape index (κ2) is 7.43. The van der Waals surface area contributed by atoms with Gasteiger partial charge in [-0.25, -0.2) is 4.68 Å². The van der Waals surface area contributed by atoms with E-state index in [1.54, 1.807) is 6.20 Å². The van der Waals surface area contributed by atoms with Crippen LogP contribution in [0.1, 0.15) is 42.5 Å². The lowest BCUT2D eigenvalue weighted by Gasteiger charge is -2.38. The van der Waals surface area contributed by atoms with E-state index in [-0.39, 0.29) is 11.9 Å². The molecule has 0 radical (unpaired) electrons.